The molecule has 0 aromatic rings. The van der Waals surface area contributed by atoms with Crippen LogP contribution in [-0.2, 0) is 24.0 Å². The number of nitrogens with two attached hydrogens (primary N) is 1. The van der Waals surface area contributed by atoms with E-state index in [1.807, 2.05) is 19.2 Å². The molecule has 0 aromatic heterocycles. The Bertz CT molecular complexity index is 608. The Morgan fingerprint density at radius 1 is 0.897 bits per heavy atom. The number of hydrogen-bond acceptors (Lipinski definition) is 7. The molecule has 4 unspecified atom stereocenters. The van der Waals surface area contributed by atoms with Crippen LogP contribution in [0.15, 0.2) is 0 Å². The van der Waals surface area contributed by atoms with Crippen molar-refractivity contribution in [3.63, 3.8) is 0 Å². The van der Waals surface area contributed by atoms with Gasteiger partial charge in [0, 0.05) is 6.42 Å². The zero-order chi connectivity index (χ0) is 22.7. The summed E-state index contributed by atoms with van der Waals surface area (Å²) in [7, 11) is 0. The summed E-state index contributed by atoms with van der Waals surface area (Å²) in [6, 6.07) is -3.73. The highest BCUT2D eigenvalue weighted by Gasteiger charge is 2.31. The van der Waals surface area contributed by atoms with E-state index in [1.54, 1.807) is 0 Å². The Kier molecular flexibility index (Phi) is 11.5. The van der Waals surface area contributed by atoms with Gasteiger partial charge in [-0.2, -0.15) is 0 Å². The fourth-order valence-corrected chi connectivity index (χ4v) is 2.36. The van der Waals surface area contributed by atoms with Gasteiger partial charge in [-0.05, 0) is 25.7 Å². The molecule has 0 spiro atoms. The molecule has 0 aromatic carbocycles. The van der Waals surface area contributed by atoms with E-state index in [0.29, 0.717) is 6.42 Å². The highest BCUT2D eigenvalue weighted by molar-refractivity contribution is 5.94. The second kappa shape index (κ2) is 12.7. The molecular weight excluding hydrogens is 388 g/mol. The molecule has 4 atom stereocenters. The minimum atomic E-state index is -1.50. The Hall–Kier alpha value is -2.73. The van der Waals surface area contributed by atoms with Crippen molar-refractivity contribution < 1.29 is 39.3 Å². The van der Waals surface area contributed by atoms with E-state index in [9.17, 15) is 29.1 Å². The number of carboxylic acid groups (broad SMARTS) is 2. The number of aliphatic hydroxyl groups is 1. The molecule has 0 aliphatic rings. The largest absolute Gasteiger partial charge is 0.481 e. The molecule has 12 heteroatoms. The lowest BCUT2D eigenvalue weighted by molar-refractivity contribution is -0.139. The summed E-state index contributed by atoms with van der Waals surface area (Å²) in [4.78, 5) is 58.2. The average Bonchev–Trinajstić information content (AvgIpc) is 2.59. The molecule has 12 nitrogen and oxygen atoms in total. The fraction of sp³-hybridized carbons (Fsp3) is 0.706. The molecule has 0 rings (SSSR count). The molecule has 0 radical (unpaired) electrons. The molecule has 0 fully saturated rings. The van der Waals surface area contributed by atoms with Crippen LogP contribution in [0.5, 0.6) is 0 Å². The molecule has 0 aliphatic heterocycles. The van der Waals surface area contributed by atoms with Gasteiger partial charge in [0.2, 0.25) is 17.7 Å². The standard InChI is InChI=1S/C17H30N4O8/c1-8(2)6-10(18)15(27)20-11(4-5-12(23)24)16(28)21-14(9(3)22)17(29)19-7-13(25)26/h8-11,14,22H,4-7,18H2,1-3H3,(H,19,29)(H,20,27)(H,21,28)(H,23,24)(H,25,26). The lowest BCUT2D eigenvalue weighted by atomic mass is 10.0. The third-order valence-electron chi connectivity index (χ3n) is 3.82. The van der Waals surface area contributed by atoms with Gasteiger partial charge in [-0.1, -0.05) is 13.8 Å². The molecule has 3 amide bonds. The highest BCUT2D eigenvalue weighted by atomic mass is 16.4. The summed E-state index contributed by atoms with van der Waals surface area (Å²) in [6.07, 6.45) is -1.76. The lowest BCUT2D eigenvalue weighted by Gasteiger charge is -2.25. The number of rotatable bonds is 13. The monoisotopic (exact) mass is 418 g/mol. The van der Waals surface area contributed by atoms with Crippen LogP contribution >= 0.6 is 0 Å². The number of nitrogens with one attached hydrogen (secondary N) is 3. The third-order valence-corrected chi connectivity index (χ3v) is 3.82. The Labute approximate surface area is 168 Å². The van der Waals surface area contributed by atoms with Crippen LogP contribution in [0, 0.1) is 5.92 Å². The van der Waals surface area contributed by atoms with Crippen LogP contribution in [0.3, 0.4) is 0 Å². The van der Waals surface area contributed by atoms with Crippen molar-refractivity contribution in [2.24, 2.45) is 11.7 Å². The van der Waals surface area contributed by atoms with Gasteiger partial charge in [-0.15, -0.1) is 0 Å². The van der Waals surface area contributed by atoms with Gasteiger partial charge in [-0.25, -0.2) is 0 Å². The first kappa shape index (κ1) is 26.3. The maximum atomic E-state index is 12.5. The summed E-state index contributed by atoms with van der Waals surface area (Å²) >= 11 is 0. The summed E-state index contributed by atoms with van der Waals surface area (Å²) in [6.45, 7) is 4.19. The van der Waals surface area contributed by atoms with Gasteiger partial charge in [0.25, 0.3) is 0 Å². The van der Waals surface area contributed by atoms with E-state index in [4.69, 9.17) is 15.9 Å². The van der Waals surface area contributed by atoms with Gasteiger partial charge < -0.3 is 37.0 Å². The van der Waals surface area contributed by atoms with Crippen molar-refractivity contribution in [2.75, 3.05) is 6.54 Å². The van der Waals surface area contributed by atoms with Gasteiger partial charge in [0.15, 0.2) is 0 Å². The molecule has 29 heavy (non-hydrogen) atoms. The van der Waals surface area contributed by atoms with Crippen LogP contribution in [0.4, 0.5) is 0 Å². The Balaban J connectivity index is 5.24. The highest BCUT2D eigenvalue weighted by Crippen LogP contribution is 2.05. The molecular formula is C17H30N4O8. The second-order valence-corrected chi connectivity index (χ2v) is 7.07. The third kappa shape index (κ3) is 11.0. The minimum absolute atomic E-state index is 0.111. The van der Waals surface area contributed by atoms with Crippen molar-refractivity contribution in [2.45, 2.75) is 64.3 Å². The van der Waals surface area contributed by atoms with E-state index in [-0.39, 0.29) is 12.3 Å². The number of carbonyl (C=O) groups is 5. The summed E-state index contributed by atoms with van der Waals surface area (Å²) in [5.41, 5.74) is 5.77. The molecule has 0 saturated carbocycles. The molecule has 0 bridgehead atoms. The summed E-state index contributed by atoms with van der Waals surface area (Å²) < 4.78 is 0. The normalized spacial score (nSPS) is 15.0. The summed E-state index contributed by atoms with van der Waals surface area (Å²) in [5.74, 6) is -4.93. The summed E-state index contributed by atoms with van der Waals surface area (Å²) in [5, 5.41) is 33.8. The number of carboxylic acids is 2. The second-order valence-electron chi connectivity index (χ2n) is 7.07. The predicted molar refractivity (Wildman–Crippen MR) is 100 cm³/mol. The molecule has 8 N–H and O–H groups in total. The minimum Gasteiger partial charge on any atom is -0.481 e. The maximum Gasteiger partial charge on any atom is 0.322 e. The van der Waals surface area contributed by atoms with Crippen LogP contribution in [0.25, 0.3) is 0 Å². The van der Waals surface area contributed by atoms with Crippen LogP contribution in [-0.4, -0.2) is 75.8 Å². The van der Waals surface area contributed by atoms with Crippen molar-refractivity contribution in [1.29, 1.82) is 0 Å². The fourth-order valence-electron chi connectivity index (χ4n) is 2.36. The molecule has 166 valence electrons. The van der Waals surface area contributed by atoms with Crippen molar-refractivity contribution in [1.82, 2.24) is 16.0 Å². The number of amides is 3. The smallest absolute Gasteiger partial charge is 0.322 e. The van der Waals surface area contributed by atoms with Crippen LogP contribution < -0.4 is 21.7 Å². The Morgan fingerprint density at radius 3 is 1.93 bits per heavy atom. The first-order valence-electron chi connectivity index (χ1n) is 9.10. The van der Waals surface area contributed by atoms with Crippen molar-refractivity contribution in [3.8, 4) is 0 Å². The quantitative estimate of drug-likeness (QED) is 0.172. The zero-order valence-corrected chi connectivity index (χ0v) is 16.7. The van der Waals surface area contributed by atoms with E-state index in [1.165, 1.54) is 6.92 Å². The van der Waals surface area contributed by atoms with Gasteiger partial charge in [0.1, 0.15) is 18.6 Å². The van der Waals surface area contributed by atoms with Gasteiger partial charge in [0.05, 0.1) is 12.1 Å². The number of aliphatic carboxylic acids is 2. The zero-order valence-electron chi connectivity index (χ0n) is 16.7. The van der Waals surface area contributed by atoms with Gasteiger partial charge >= 0.3 is 11.9 Å². The first-order valence-corrected chi connectivity index (χ1v) is 9.10. The average molecular weight is 418 g/mol. The van der Waals surface area contributed by atoms with Crippen molar-refractivity contribution in [3.05, 3.63) is 0 Å². The van der Waals surface area contributed by atoms with Crippen LogP contribution in [0.2, 0.25) is 0 Å². The number of hydrogen-bond donors (Lipinski definition) is 7. The van der Waals surface area contributed by atoms with E-state index >= 15 is 0 Å². The lowest BCUT2D eigenvalue weighted by Crippen LogP contribution is -2.58. The van der Waals surface area contributed by atoms with E-state index < -0.39 is 66.9 Å². The maximum absolute atomic E-state index is 12.5. The first-order chi connectivity index (χ1) is 13.3. The van der Waals surface area contributed by atoms with E-state index in [2.05, 4.69) is 10.6 Å². The van der Waals surface area contributed by atoms with Crippen LogP contribution in [0.1, 0.15) is 40.0 Å². The molecule has 0 heterocycles. The van der Waals surface area contributed by atoms with E-state index in [0.717, 1.165) is 0 Å². The number of carbonyl (C=O) groups excluding carboxylic acids is 3. The van der Waals surface area contributed by atoms with Gasteiger partial charge in [-0.3, -0.25) is 24.0 Å². The Morgan fingerprint density at radius 2 is 1.48 bits per heavy atom. The predicted octanol–water partition coefficient (Wildman–Crippen LogP) is -2.22. The number of aliphatic hydroxyl groups excluding tert-OH is 1. The molecule has 0 saturated heterocycles. The molecule has 0 aliphatic carbocycles. The van der Waals surface area contributed by atoms with Crippen molar-refractivity contribution >= 4 is 29.7 Å². The topological polar surface area (TPSA) is 208 Å². The SMILES string of the molecule is CC(C)CC(N)C(=O)NC(CCC(=O)O)C(=O)NC(C(=O)NCC(=O)O)C(C)O.